The van der Waals surface area contributed by atoms with Crippen LogP contribution in [0.2, 0.25) is 0 Å². The SMILES string of the molecule is C=CCN(C(=O)[C@H]1[C@@H]2OC3(CC2Br)C(C(=O)N(CC=C)c2cc(C)ccc2C)N(CCCCCCO)C(=O)[C@H]13)c1ccccc1. The van der Waals surface area contributed by atoms with Crippen LogP contribution in [0.15, 0.2) is 73.8 Å². The molecule has 240 valence electrons. The van der Waals surface area contributed by atoms with Gasteiger partial charge in [-0.3, -0.25) is 14.4 Å². The van der Waals surface area contributed by atoms with E-state index in [1.165, 1.54) is 0 Å². The first-order chi connectivity index (χ1) is 21.7. The monoisotopic (exact) mass is 677 g/mol. The molecule has 0 aromatic heterocycles. The molecule has 2 aromatic rings. The van der Waals surface area contributed by atoms with Gasteiger partial charge in [-0.2, -0.15) is 0 Å². The van der Waals surface area contributed by atoms with E-state index in [9.17, 15) is 19.5 Å². The highest BCUT2D eigenvalue weighted by Gasteiger charge is 2.77. The molecule has 2 aromatic carbocycles. The lowest BCUT2D eigenvalue weighted by atomic mass is 9.70. The van der Waals surface area contributed by atoms with Gasteiger partial charge >= 0.3 is 0 Å². The van der Waals surface area contributed by atoms with E-state index in [0.717, 1.165) is 35.3 Å². The molecule has 3 aliphatic heterocycles. The van der Waals surface area contributed by atoms with Gasteiger partial charge in [0.25, 0.3) is 5.91 Å². The minimum atomic E-state index is -1.16. The lowest BCUT2D eigenvalue weighted by molar-refractivity contribution is -0.140. The zero-order chi connectivity index (χ0) is 32.3. The number of rotatable bonds is 14. The molecule has 45 heavy (non-hydrogen) atoms. The number of benzene rings is 2. The minimum Gasteiger partial charge on any atom is -0.396 e. The van der Waals surface area contributed by atoms with Crippen LogP contribution in [0.1, 0.15) is 43.2 Å². The predicted octanol–water partition coefficient (Wildman–Crippen LogP) is 5.34. The van der Waals surface area contributed by atoms with Crippen molar-refractivity contribution in [1.29, 1.82) is 0 Å². The van der Waals surface area contributed by atoms with Crippen LogP contribution in [0.4, 0.5) is 11.4 Å². The number of aliphatic hydroxyl groups excluding tert-OH is 1. The van der Waals surface area contributed by atoms with E-state index < -0.39 is 29.6 Å². The van der Waals surface area contributed by atoms with Gasteiger partial charge in [0, 0.05) is 42.4 Å². The van der Waals surface area contributed by atoms with Crippen molar-refractivity contribution in [2.45, 2.75) is 68.5 Å². The Morgan fingerprint density at radius 3 is 2.40 bits per heavy atom. The molecule has 3 saturated heterocycles. The molecule has 8 nitrogen and oxygen atoms in total. The molecule has 0 aliphatic carbocycles. The standard InChI is InChI=1S/C36H44BrN3O5/c1-5-18-38(26-14-10-9-11-15-26)33(42)29-30-34(43)40(20-12-7-8-13-21-41)32(36(30)23-27(37)31(29)45-36)35(44)39(19-6-2)28-22-24(3)16-17-25(28)4/h5-6,9-11,14-17,22,27,29-32,41H,1-2,7-8,12-13,18-21,23H2,3-4H3/t27?,29-,30+,31-,32?,36?/m1/s1. The summed E-state index contributed by atoms with van der Waals surface area (Å²) in [6, 6.07) is 14.5. The summed E-state index contributed by atoms with van der Waals surface area (Å²) in [5.41, 5.74) is 2.29. The van der Waals surface area contributed by atoms with E-state index in [1.807, 2.05) is 62.4 Å². The average Bonchev–Trinajstić information content (AvgIpc) is 3.63. The largest absolute Gasteiger partial charge is 0.396 e. The van der Waals surface area contributed by atoms with Crippen molar-refractivity contribution in [3.8, 4) is 0 Å². The Kier molecular flexibility index (Phi) is 10.3. The topological polar surface area (TPSA) is 90.4 Å². The molecule has 3 unspecified atom stereocenters. The average molecular weight is 679 g/mol. The minimum absolute atomic E-state index is 0.121. The highest BCUT2D eigenvalue weighted by atomic mass is 79.9. The number of anilines is 2. The van der Waals surface area contributed by atoms with Crippen molar-refractivity contribution in [2.24, 2.45) is 11.8 Å². The van der Waals surface area contributed by atoms with E-state index >= 15 is 0 Å². The number of carbonyl (C=O) groups excluding carboxylic acids is 3. The van der Waals surface area contributed by atoms with Gasteiger partial charge in [-0.25, -0.2) is 0 Å². The van der Waals surface area contributed by atoms with Crippen molar-refractivity contribution in [1.82, 2.24) is 4.90 Å². The molecule has 2 bridgehead atoms. The molecule has 1 N–H and O–H groups in total. The van der Waals surface area contributed by atoms with Crippen LogP contribution < -0.4 is 9.80 Å². The molecule has 6 atom stereocenters. The second-order valence-electron chi connectivity index (χ2n) is 12.4. The lowest BCUT2D eigenvalue weighted by Gasteiger charge is -2.38. The first-order valence-electron chi connectivity index (χ1n) is 15.9. The fraction of sp³-hybridized carbons (Fsp3) is 0.472. The summed E-state index contributed by atoms with van der Waals surface area (Å²) >= 11 is 3.80. The number of fused-ring (bicyclic) bond motifs is 1. The number of hydrogen-bond acceptors (Lipinski definition) is 5. The molecule has 5 rings (SSSR count). The van der Waals surface area contributed by atoms with E-state index in [4.69, 9.17) is 4.74 Å². The van der Waals surface area contributed by atoms with Gasteiger partial charge in [-0.05, 0) is 62.4 Å². The Morgan fingerprint density at radius 1 is 1.02 bits per heavy atom. The van der Waals surface area contributed by atoms with Crippen LogP contribution in [-0.4, -0.2) is 76.5 Å². The smallest absolute Gasteiger partial charge is 0.253 e. The van der Waals surface area contributed by atoms with Crippen molar-refractivity contribution in [2.75, 3.05) is 36.0 Å². The summed E-state index contributed by atoms with van der Waals surface area (Å²) < 4.78 is 6.80. The summed E-state index contributed by atoms with van der Waals surface area (Å²) in [6.45, 7) is 12.8. The van der Waals surface area contributed by atoms with E-state index in [1.54, 1.807) is 26.9 Å². The Morgan fingerprint density at radius 2 is 1.71 bits per heavy atom. The molecule has 3 aliphatic rings. The maximum Gasteiger partial charge on any atom is 0.253 e. The molecule has 0 radical (unpaired) electrons. The zero-order valence-electron chi connectivity index (χ0n) is 26.2. The highest BCUT2D eigenvalue weighted by Crippen LogP contribution is 2.60. The van der Waals surface area contributed by atoms with Gasteiger partial charge < -0.3 is 24.5 Å². The molecule has 3 fully saturated rings. The molecular weight excluding hydrogens is 634 g/mol. The number of nitrogens with zero attached hydrogens (tertiary/aromatic N) is 3. The summed E-state index contributed by atoms with van der Waals surface area (Å²) in [7, 11) is 0. The Bertz CT molecular complexity index is 1430. The molecule has 3 amide bonds. The van der Waals surface area contributed by atoms with Crippen molar-refractivity contribution in [3.05, 3.63) is 85.0 Å². The highest BCUT2D eigenvalue weighted by molar-refractivity contribution is 9.09. The van der Waals surface area contributed by atoms with Gasteiger partial charge in [0.05, 0.1) is 17.9 Å². The van der Waals surface area contributed by atoms with E-state index in [-0.39, 0.29) is 42.2 Å². The number of ether oxygens (including phenoxy) is 1. The molecule has 1 spiro atoms. The van der Waals surface area contributed by atoms with E-state index in [0.29, 0.717) is 25.8 Å². The normalized spacial score (nSPS) is 26.5. The number of aryl methyl sites for hydroxylation is 2. The Balaban J connectivity index is 1.57. The van der Waals surface area contributed by atoms with Crippen molar-refractivity contribution < 1.29 is 24.2 Å². The number of halogens is 1. The predicted molar refractivity (Wildman–Crippen MR) is 180 cm³/mol. The van der Waals surface area contributed by atoms with E-state index in [2.05, 4.69) is 29.1 Å². The fourth-order valence-electron chi connectivity index (χ4n) is 7.51. The number of amides is 3. The van der Waals surface area contributed by atoms with Crippen LogP contribution in [0, 0.1) is 25.7 Å². The molecule has 0 saturated carbocycles. The number of para-hydroxylation sites is 1. The summed E-state index contributed by atoms with van der Waals surface area (Å²) in [6.07, 6.45) is 6.26. The maximum atomic E-state index is 14.9. The lowest BCUT2D eigenvalue weighted by Crippen LogP contribution is -2.57. The fourth-order valence-corrected chi connectivity index (χ4v) is 8.46. The third-order valence-corrected chi connectivity index (χ3v) is 10.3. The van der Waals surface area contributed by atoms with Crippen LogP contribution in [0.3, 0.4) is 0 Å². The summed E-state index contributed by atoms with van der Waals surface area (Å²) in [5, 5.41) is 9.26. The Hall–Kier alpha value is -3.27. The number of unbranched alkanes of at least 4 members (excludes halogenated alkanes) is 3. The number of aliphatic hydroxyl groups is 1. The zero-order valence-corrected chi connectivity index (χ0v) is 27.8. The summed E-state index contributed by atoms with van der Waals surface area (Å²) in [4.78, 5) is 48.8. The number of alkyl halides is 1. The van der Waals surface area contributed by atoms with Crippen molar-refractivity contribution >= 4 is 45.0 Å². The first-order valence-corrected chi connectivity index (χ1v) is 16.8. The van der Waals surface area contributed by atoms with Crippen LogP contribution in [0.5, 0.6) is 0 Å². The molecule has 9 heteroatoms. The molecular formula is C36H44BrN3O5. The maximum absolute atomic E-state index is 14.9. The summed E-state index contributed by atoms with van der Waals surface area (Å²) in [5.74, 6) is -2.20. The number of hydrogen-bond donors (Lipinski definition) is 1. The van der Waals surface area contributed by atoms with Crippen molar-refractivity contribution in [3.63, 3.8) is 0 Å². The van der Waals surface area contributed by atoms with Gasteiger partial charge in [0.2, 0.25) is 11.8 Å². The molecule has 3 heterocycles. The van der Waals surface area contributed by atoms with Gasteiger partial charge in [0.15, 0.2) is 0 Å². The Labute approximate surface area is 274 Å². The number of carbonyl (C=O) groups is 3. The van der Waals surface area contributed by atoms with Crippen LogP contribution in [-0.2, 0) is 19.1 Å². The second-order valence-corrected chi connectivity index (χ2v) is 13.6. The van der Waals surface area contributed by atoms with Gasteiger partial charge in [-0.1, -0.05) is 71.3 Å². The first kappa shape index (κ1) is 33.1. The quantitative estimate of drug-likeness (QED) is 0.166. The van der Waals surface area contributed by atoms with Gasteiger partial charge in [0.1, 0.15) is 11.6 Å². The third kappa shape index (κ3) is 6.02. The third-order valence-electron chi connectivity index (χ3n) is 9.49. The van der Waals surface area contributed by atoms with Crippen LogP contribution >= 0.6 is 15.9 Å². The van der Waals surface area contributed by atoms with Crippen LogP contribution in [0.25, 0.3) is 0 Å². The second kappa shape index (κ2) is 14.0. The van der Waals surface area contributed by atoms with Gasteiger partial charge in [-0.15, -0.1) is 13.2 Å². The number of likely N-dealkylation sites (tertiary alicyclic amines) is 1.